The Morgan fingerprint density at radius 3 is 2.50 bits per heavy atom. The van der Waals surface area contributed by atoms with Crippen molar-refractivity contribution < 1.29 is 14.3 Å². The average molecular weight is 383 g/mol. The third kappa shape index (κ3) is 4.76. The van der Waals surface area contributed by atoms with E-state index in [0.717, 1.165) is 5.56 Å². The second-order valence-corrected chi connectivity index (χ2v) is 6.56. The van der Waals surface area contributed by atoms with Crippen LogP contribution in [0.15, 0.2) is 42.6 Å². The maximum absolute atomic E-state index is 12.7. The predicted molar refractivity (Wildman–Crippen MR) is 105 cm³/mol. The number of benzene rings is 1. The third-order valence-electron chi connectivity index (χ3n) is 4.56. The Morgan fingerprint density at radius 2 is 1.82 bits per heavy atom. The van der Waals surface area contributed by atoms with Gasteiger partial charge in [0.25, 0.3) is 5.91 Å². The summed E-state index contributed by atoms with van der Waals surface area (Å²) in [5.74, 6) is 0.347. The largest absolute Gasteiger partial charge is 0.450 e. The summed E-state index contributed by atoms with van der Waals surface area (Å²) in [5, 5.41) is 0. The van der Waals surface area contributed by atoms with Crippen molar-refractivity contribution in [2.24, 2.45) is 0 Å². The Labute approximate surface area is 164 Å². The fraction of sp³-hybridized carbons (Fsp3) is 0.400. The Bertz CT molecular complexity index is 806. The van der Waals surface area contributed by atoms with Crippen LogP contribution < -0.4 is 4.90 Å². The van der Waals surface area contributed by atoms with Gasteiger partial charge in [-0.1, -0.05) is 30.3 Å². The summed E-state index contributed by atoms with van der Waals surface area (Å²) >= 11 is 0. The van der Waals surface area contributed by atoms with Gasteiger partial charge in [0.15, 0.2) is 0 Å². The Morgan fingerprint density at radius 1 is 1.11 bits per heavy atom. The Balaban J connectivity index is 1.62. The van der Waals surface area contributed by atoms with Gasteiger partial charge >= 0.3 is 6.09 Å². The van der Waals surface area contributed by atoms with E-state index in [1.54, 1.807) is 36.0 Å². The van der Waals surface area contributed by atoms with Gasteiger partial charge in [0.05, 0.1) is 6.61 Å². The molecule has 0 spiro atoms. The van der Waals surface area contributed by atoms with E-state index in [9.17, 15) is 9.59 Å². The van der Waals surface area contributed by atoms with Crippen molar-refractivity contribution in [1.29, 1.82) is 0 Å². The number of hydrogen-bond acceptors (Lipinski definition) is 6. The fourth-order valence-electron chi connectivity index (χ4n) is 3.05. The smallest absolute Gasteiger partial charge is 0.409 e. The highest BCUT2D eigenvalue weighted by Crippen LogP contribution is 2.14. The number of aromatic nitrogens is 2. The van der Waals surface area contributed by atoms with Gasteiger partial charge in [0.1, 0.15) is 5.69 Å². The Hall–Kier alpha value is -3.16. The van der Waals surface area contributed by atoms with Crippen LogP contribution in [0.2, 0.25) is 0 Å². The molecular formula is C20H25N5O3. The fourth-order valence-corrected chi connectivity index (χ4v) is 3.05. The summed E-state index contributed by atoms with van der Waals surface area (Å²) in [6.07, 6.45) is 1.30. The summed E-state index contributed by atoms with van der Waals surface area (Å²) in [5.41, 5.74) is 1.42. The van der Waals surface area contributed by atoms with Crippen molar-refractivity contribution in [3.8, 4) is 0 Å². The molecule has 2 amide bonds. The molecule has 0 saturated carbocycles. The number of anilines is 1. The molecule has 0 aliphatic carbocycles. The first-order valence-corrected chi connectivity index (χ1v) is 9.37. The number of ether oxygens (including phenoxy) is 1. The molecule has 1 aromatic carbocycles. The molecule has 148 valence electrons. The first-order valence-electron chi connectivity index (χ1n) is 9.37. The number of carbonyl (C=O) groups excluding carboxylic acids is 2. The maximum atomic E-state index is 12.7. The topological polar surface area (TPSA) is 78.9 Å². The average Bonchev–Trinajstić information content (AvgIpc) is 2.74. The van der Waals surface area contributed by atoms with Crippen LogP contribution in [0.4, 0.5) is 10.7 Å². The number of amides is 2. The SMILES string of the molecule is CCOC(=O)N1CCN(c2nccc(C(=O)N(C)Cc3ccccc3)n2)CC1. The van der Waals surface area contributed by atoms with E-state index in [4.69, 9.17) is 4.74 Å². The summed E-state index contributed by atoms with van der Waals surface area (Å²) < 4.78 is 5.04. The van der Waals surface area contributed by atoms with E-state index in [0.29, 0.717) is 51.0 Å². The maximum Gasteiger partial charge on any atom is 0.409 e. The van der Waals surface area contributed by atoms with E-state index in [1.807, 2.05) is 35.2 Å². The molecule has 0 N–H and O–H groups in total. The lowest BCUT2D eigenvalue weighted by Crippen LogP contribution is -2.49. The van der Waals surface area contributed by atoms with E-state index in [-0.39, 0.29) is 12.0 Å². The quantitative estimate of drug-likeness (QED) is 0.786. The summed E-state index contributed by atoms with van der Waals surface area (Å²) in [7, 11) is 1.76. The molecule has 1 saturated heterocycles. The highest BCUT2D eigenvalue weighted by molar-refractivity contribution is 5.92. The van der Waals surface area contributed by atoms with Gasteiger partial charge in [-0.05, 0) is 18.6 Å². The summed E-state index contributed by atoms with van der Waals surface area (Å²) in [6.45, 7) is 4.93. The van der Waals surface area contributed by atoms with Crippen LogP contribution in [0.25, 0.3) is 0 Å². The molecule has 0 unspecified atom stereocenters. The molecule has 8 heteroatoms. The Kier molecular flexibility index (Phi) is 6.41. The number of carbonyl (C=O) groups is 2. The number of hydrogen-bond donors (Lipinski definition) is 0. The number of piperazine rings is 1. The highest BCUT2D eigenvalue weighted by Gasteiger charge is 2.24. The standard InChI is InChI=1S/C20H25N5O3/c1-3-28-20(27)25-13-11-24(12-14-25)19-21-10-9-17(22-19)18(26)23(2)15-16-7-5-4-6-8-16/h4-10H,3,11-15H2,1-2H3. The van der Waals surface area contributed by atoms with Crippen LogP contribution >= 0.6 is 0 Å². The number of nitrogens with zero attached hydrogens (tertiary/aromatic N) is 5. The zero-order chi connectivity index (χ0) is 19.9. The van der Waals surface area contributed by atoms with E-state index in [1.165, 1.54) is 0 Å². The minimum absolute atomic E-state index is 0.155. The van der Waals surface area contributed by atoms with Gasteiger partial charge in [-0.3, -0.25) is 4.79 Å². The van der Waals surface area contributed by atoms with Gasteiger partial charge in [0, 0.05) is 46.0 Å². The second kappa shape index (κ2) is 9.16. The monoisotopic (exact) mass is 383 g/mol. The minimum Gasteiger partial charge on any atom is -0.450 e. The molecule has 0 bridgehead atoms. The van der Waals surface area contributed by atoms with Gasteiger partial charge in [-0.25, -0.2) is 14.8 Å². The molecule has 1 fully saturated rings. The van der Waals surface area contributed by atoms with Crippen LogP contribution in [0.1, 0.15) is 23.0 Å². The van der Waals surface area contributed by atoms with Crippen molar-refractivity contribution in [2.45, 2.75) is 13.5 Å². The highest BCUT2D eigenvalue weighted by atomic mass is 16.6. The van der Waals surface area contributed by atoms with Crippen molar-refractivity contribution in [2.75, 3.05) is 44.7 Å². The lowest BCUT2D eigenvalue weighted by atomic mass is 10.2. The third-order valence-corrected chi connectivity index (χ3v) is 4.56. The molecule has 2 heterocycles. The predicted octanol–water partition coefficient (Wildman–Crippen LogP) is 2.03. The van der Waals surface area contributed by atoms with Crippen LogP contribution in [0, 0.1) is 0 Å². The van der Waals surface area contributed by atoms with E-state index < -0.39 is 0 Å². The molecule has 2 aromatic rings. The van der Waals surface area contributed by atoms with Crippen LogP contribution in [0.3, 0.4) is 0 Å². The first kappa shape index (κ1) is 19.6. The van der Waals surface area contributed by atoms with Gasteiger partial charge in [-0.2, -0.15) is 0 Å². The zero-order valence-corrected chi connectivity index (χ0v) is 16.2. The number of rotatable bonds is 5. The van der Waals surface area contributed by atoms with Crippen molar-refractivity contribution in [3.63, 3.8) is 0 Å². The van der Waals surface area contributed by atoms with Crippen molar-refractivity contribution in [3.05, 3.63) is 53.9 Å². The molecule has 1 aliphatic heterocycles. The van der Waals surface area contributed by atoms with Gasteiger partial charge in [0.2, 0.25) is 5.95 Å². The zero-order valence-electron chi connectivity index (χ0n) is 16.2. The molecule has 0 atom stereocenters. The van der Waals surface area contributed by atoms with Gasteiger partial charge < -0.3 is 19.4 Å². The van der Waals surface area contributed by atoms with Crippen LogP contribution in [-0.4, -0.2) is 71.6 Å². The van der Waals surface area contributed by atoms with Crippen LogP contribution in [-0.2, 0) is 11.3 Å². The second-order valence-electron chi connectivity index (χ2n) is 6.56. The first-order chi connectivity index (χ1) is 13.6. The summed E-state index contributed by atoms with van der Waals surface area (Å²) in [6, 6.07) is 11.4. The van der Waals surface area contributed by atoms with Crippen molar-refractivity contribution >= 4 is 17.9 Å². The summed E-state index contributed by atoms with van der Waals surface area (Å²) in [4.78, 5) is 38.6. The molecule has 0 radical (unpaired) electrons. The molecule has 28 heavy (non-hydrogen) atoms. The molecule has 3 rings (SSSR count). The van der Waals surface area contributed by atoms with E-state index in [2.05, 4.69) is 9.97 Å². The lowest BCUT2D eigenvalue weighted by molar-refractivity contribution is 0.0779. The van der Waals surface area contributed by atoms with Crippen LogP contribution in [0.5, 0.6) is 0 Å². The van der Waals surface area contributed by atoms with Crippen molar-refractivity contribution in [1.82, 2.24) is 19.8 Å². The van der Waals surface area contributed by atoms with E-state index >= 15 is 0 Å². The molecular weight excluding hydrogens is 358 g/mol. The molecule has 8 nitrogen and oxygen atoms in total. The lowest BCUT2D eigenvalue weighted by Gasteiger charge is -2.34. The molecule has 1 aromatic heterocycles. The minimum atomic E-state index is -0.297. The van der Waals surface area contributed by atoms with Gasteiger partial charge in [-0.15, -0.1) is 0 Å². The normalized spacial score (nSPS) is 13.9. The molecule has 1 aliphatic rings.